The molecule has 0 spiro atoms. The summed E-state index contributed by atoms with van der Waals surface area (Å²) in [5.74, 6) is -0.0228. The van der Waals surface area contributed by atoms with Gasteiger partial charge in [0.05, 0.1) is 42.1 Å². The zero-order valence-corrected chi connectivity index (χ0v) is 17.4. The van der Waals surface area contributed by atoms with E-state index in [4.69, 9.17) is 10.5 Å². The van der Waals surface area contributed by atoms with Crippen molar-refractivity contribution in [3.63, 3.8) is 0 Å². The van der Waals surface area contributed by atoms with E-state index in [9.17, 15) is 9.90 Å². The minimum atomic E-state index is -0.489. The number of aromatic nitrogens is 3. The van der Waals surface area contributed by atoms with E-state index in [1.54, 1.807) is 18.5 Å². The number of nitrogens with one attached hydrogen (secondary N) is 1. The monoisotopic (exact) mass is 419 g/mol. The molecule has 0 radical (unpaired) electrons. The van der Waals surface area contributed by atoms with Crippen molar-refractivity contribution < 1.29 is 14.6 Å². The summed E-state index contributed by atoms with van der Waals surface area (Å²) < 4.78 is 6.09. The number of benzene rings is 1. The van der Waals surface area contributed by atoms with Gasteiger partial charge >= 0.3 is 0 Å². The highest BCUT2D eigenvalue weighted by Gasteiger charge is 2.34. The van der Waals surface area contributed by atoms with Gasteiger partial charge < -0.3 is 20.9 Å². The molecule has 1 aliphatic rings. The first-order valence-corrected chi connectivity index (χ1v) is 10.2. The van der Waals surface area contributed by atoms with Crippen LogP contribution in [0, 0.1) is 5.92 Å². The van der Waals surface area contributed by atoms with Crippen LogP contribution in [0.15, 0.2) is 55.0 Å². The minimum Gasteiger partial charge on any atom is -0.396 e. The van der Waals surface area contributed by atoms with Crippen LogP contribution in [0.5, 0.6) is 0 Å². The molecule has 2 aromatic heterocycles. The van der Waals surface area contributed by atoms with E-state index in [1.807, 2.05) is 44.2 Å². The maximum atomic E-state index is 13.0. The van der Waals surface area contributed by atoms with Crippen molar-refractivity contribution in [3.05, 3.63) is 66.2 Å². The van der Waals surface area contributed by atoms with Crippen LogP contribution in [0.4, 0.5) is 11.4 Å². The van der Waals surface area contributed by atoms with Gasteiger partial charge in [-0.3, -0.25) is 9.78 Å². The number of rotatable bonds is 4. The highest BCUT2D eigenvalue weighted by molar-refractivity contribution is 6.06. The summed E-state index contributed by atoms with van der Waals surface area (Å²) in [6.45, 7) is 3.90. The van der Waals surface area contributed by atoms with E-state index >= 15 is 0 Å². The number of pyridine rings is 1. The smallest absolute Gasteiger partial charge is 0.276 e. The zero-order chi connectivity index (χ0) is 22.0. The number of aliphatic hydroxyl groups excluding tert-OH is 1. The number of nitrogen functional groups attached to an aromatic ring is 1. The molecule has 4 atom stereocenters. The summed E-state index contributed by atoms with van der Waals surface area (Å²) in [5.41, 5.74) is 8.27. The highest BCUT2D eigenvalue weighted by atomic mass is 16.5. The van der Waals surface area contributed by atoms with Crippen LogP contribution in [0.2, 0.25) is 0 Å². The first kappa shape index (κ1) is 20.9. The van der Waals surface area contributed by atoms with Gasteiger partial charge in [-0.15, -0.1) is 0 Å². The lowest BCUT2D eigenvalue weighted by Crippen LogP contribution is -2.38. The summed E-state index contributed by atoms with van der Waals surface area (Å²) in [6, 6.07) is 11.1. The standard InChI is InChI=1S/C23H25N5O3/c1-13-14(2)31-20(10-19(13)29)16-8-9-25-12-18(16)27-23(30)21-17(24)11-26-22(28-21)15-6-4-3-5-7-15/h3-9,11-14,19-20,29H,10,24H2,1-2H3,(H,27,30)/t13-,14+,19+,20+/m0/s1. The highest BCUT2D eigenvalue weighted by Crippen LogP contribution is 2.37. The number of carbonyl (C=O) groups excluding carboxylic acids is 1. The van der Waals surface area contributed by atoms with E-state index in [1.165, 1.54) is 6.20 Å². The number of nitrogens with two attached hydrogens (primary N) is 1. The molecule has 1 aliphatic heterocycles. The molecule has 3 aromatic rings. The number of anilines is 2. The summed E-state index contributed by atoms with van der Waals surface area (Å²) in [4.78, 5) is 25.8. The number of hydrogen-bond acceptors (Lipinski definition) is 7. The predicted molar refractivity (Wildman–Crippen MR) is 117 cm³/mol. The predicted octanol–water partition coefficient (Wildman–Crippen LogP) is 3.22. The Labute approximate surface area is 180 Å². The third-order valence-corrected chi connectivity index (χ3v) is 5.70. The largest absolute Gasteiger partial charge is 0.396 e. The van der Waals surface area contributed by atoms with E-state index in [0.717, 1.165) is 11.1 Å². The average molecular weight is 419 g/mol. The normalized spacial score (nSPS) is 23.3. The maximum Gasteiger partial charge on any atom is 0.276 e. The molecule has 1 amide bonds. The Kier molecular flexibility index (Phi) is 5.92. The molecule has 0 saturated carbocycles. The van der Waals surface area contributed by atoms with Crippen molar-refractivity contribution in [3.8, 4) is 11.4 Å². The van der Waals surface area contributed by atoms with Crippen LogP contribution in [-0.2, 0) is 4.74 Å². The number of amides is 1. The van der Waals surface area contributed by atoms with Gasteiger partial charge in [0.25, 0.3) is 5.91 Å². The maximum absolute atomic E-state index is 13.0. The third-order valence-electron chi connectivity index (χ3n) is 5.70. The van der Waals surface area contributed by atoms with Crippen molar-refractivity contribution in [2.24, 2.45) is 5.92 Å². The molecule has 1 saturated heterocycles. The molecular formula is C23H25N5O3. The van der Waals surface area contributed by atoms with Gasteiger partial charge in [0.1, 0.15) is 0 Å². The molecule has 8 heteroatoms. The zero-order valence-electron chi connectivity index (χ0n) is 17.4. The lowest BCUT2D eigenvalue weighted by Gasteiger charge is -2.37. The van der Waals surface area contributed by atoms with E-state index in [-0.39, 0.29) is 29.5 Å². The van der Waals surface area contributed by atoms with E-state index in [2.05, 4.69) is 20.3 Å². The van der Waals surface area contributed by atoms with Crippen molar-refractivity contribution in [2.45, 2.75) is 38.6 Å². The molecular weight excluding hydrogens is 394 g/mol. The molecule has 0 aliphatic carbocycles. The Bertz CT molecular complexity index is 1060. The number of ether oxygens (including phenoxy) is 1. The Morgan fingerprint density at radius 2 is 1.97 bits per heavy atom. The van der Waals surface area contributed by atoms with Gasteiger partial charge in [-0.05, 0) is 13.0 Å². The molecule has 160 valence electrons. The Hall–Kier alpha value is -3.36. The molecule has 0 unspecified atom stereocenters. The first-order chi connectivity index (χ1) is 14.9. The molecule has 3 heterocycles. The minimum absolute atomic E-state index is 0.0355. The number of aliphatic hydroxyl groups is 1. The van der Waals surface area contributed by atoms with Crippen LogP contribution < -0.4 is 11.1 Å². The number of hydrogen-bond donors (Lipinski definition) is 3. The lowest BCUT2D eigenvalue weighted by molar-refractivity contribution is -0.124. The summed E-state index contributed by atoms with van der Waals surface area (Å²) in [5, 5.41) is 13.2. The van der Waals surface area contributed by atoms with Crippen LogP contribution in [0.3, 0.4) is 0 Å². The molecule has 4 N–H and O–H groups in total. The van der Waals surface area contributed by atoms with Crippen molar-refractivity contribution in [1.29, 1.82) is 0 Å². The lowest BCUT2D eigenvalue weighted by atomic mass is 9.88. The van der Waals surface area contributed by atoms with Gasteiger partial charge in [-0.1, -0.05) is 37.3 Å². The molecule has 8 nitrogen and oxygen atoms in total. The van der Waals surface area contributed by atoms with Crippen LogP contribution in [0.1, 0.15) is 42.4 Å². The van der Waals surface area contributed by atoms with Gasteiger partial charge in [-0.25, -0.2) is 9.97 Å². The average Bonchev–Trinajstić information content (AvgIpc) is 2.78. The Morgan fingerprint density at radius 3 is 2.71 bits per heavy atom. The van der Waals surface area contributed by atoms with E-state index < -0.39 is 12.0 Å². The third kappa shape index (κ3) is 4.40. The molecule has 31 heavy (non-hydrogen) atoms. The molecule has 1 aromatic carbocycles. The topological polar surface area (TPSA) is 123 Å². The van der Waals surface area contributed by atoms with Crippen molar-refractivity contribution >= 4 is 17.3 Å². The number of carbonyl (C=O) groups is 1. The van der Waals surface area contributed by atoms with Crippen molar-refractivity contribution in [2.75, 3.05) is 11.1 Å². The van der Waals surface area contributed by atoms with Gasteiger partial charge in [0.15, 0.2) is 11.5 Å². The second-order valence-electron chi connectivity index (χ2n) is 7.77. The van der Waals surface area contributed by atoms with E-state index in [0.29, 0.717) is 17.9 Å². The Balaban J connectivity index is 1.60. The molecule has 0 bridgehead atoms. The second kappa shape index (κ2) is 8.79. The van der Waals surface area contributed by atoms with Gasteiger partial charge in [0, 0.05) is 29.7 Å². The second-order valence-corrected chi connectivity index (χ2v) is 7.77. The molecule has 1 fully saturated rings. The quantitative estimate of drug-likeness (QED) is 0.593. The van der Waals surface area contributed by atoms with Crippen LogP contribution in [0.25, 0.3) is 11.4 Å². The van der Waals surface area contributed by atoms with Gasteiger partial charge in [-0.2, -0.15) is 0 Å². The molecule has 4 rings (SSSR count). The Morgan fingerprint density at radius 1 is 1.19 bits per heavy atom. The SMILES string of the molecule is C[C@@H]1[C@H](O)C[C@H](c2ccncc2NC(=O)c2nc(-c3ccccc3)ncc2N)O[C@@H]1C. The summed E-state index contributed by atoms with van der Waals surface area (Å²) in [6.07, 6.45) is 4.09. The fraction of sp³-hybridized carbons (Fsp3) is 0.304. The van der Waals surface area contributed by atoms with Gasteiger partial charge in [0.2, 0.25) is 0 Å². The summed E-state index contributed by atoms with van der Waals surface area (Å²) >= 11 is 0. The van der Waals surface area contributed by atoms with Crippen LogP contribution in [-0.4, -0.2) is 38.2 Å². The number of nitrogens with zero attached hydrogens (tertiary/aromatic N) is 3. The van der Waals surface area contributed by atoms with Crippen LogP contribution >= 0.6 is 0 Å². The summed E-state index contributed by atoms with van der Waals surface area (Å²) in [7, 11) is 0. The first-order valence-electron chi connectivity index (χ1n) is 10.2. The fourth-order valence-electron chi connectivity index (χ4n) is 3.66. The fourth-order valence-corrected chi connectivity index (χ4v) is 3.66. The van der Waals surface area contributed by atoms with Crippen molar-refractivity contribution in [1.82, 2.24) is 15.0 Å².